The first-order valence-corrected chi connectivity index (χ1v) is 8.11. The minimum absolute atomic E-state index is 0.0931. The molecule has 1 saturated carbocycles. The Hall–Kier alpha value is -0.620. The fourth-order valence-electron chi connectivity index (χ4n) is 2.75. The third-order valence-electron chi connectivity index (χ3n) is 3.84. The Morgan fingerprint density at radius 3 is 2.24 bits per heavy atom. The smallest absolute Gasteiger partial charge is 0.111 e. The van der Waals surface area contributed by atoms with Crippen LogP contribution in [0.15, 0.2) is 12.8 Å². The second-order valence-electron chi connectivity index (χ2n) is 5.31. The lowest BCUT2D eigenvalue weighted by Crippen LogP contribution is -2.41. The molecule has 1 rings (SSSR count). The molecule has 5 nitrogen and oxygen atoms in total. The lowest BCUT2D eigenvalue weighted by atomic mass is 9.94. The third-order valence-corrected chi connectivity index (χ3v) is 3.84. The predicted octanol–water partition coefficient (Wildman–Crippen LogP) is 1.81. The number of rotatable bonds is 13. The minimum Gasteiger partial charge on any atom is -0.499 e. The summed E-state index contributed by atoms with van der Waals surface area (Å²) in [7, 11) is 0. The molecule has 0 spiro atoms. The summed E-state index contributed by atoms with van der Waals surface area (Å²) in [4.78, 5) is 2.48. The van der Waals surface area contributed by atoms with Gasteiger partial charge < -0.3 is 19.3 Å². The largest absolute Gasteiger partial charge is 0.499 e. The molecule has 21 heavy (non-hydrogen) atoms. The van der Waals surface area contributed by atoms with E-state index in [-0.39, 0.29) is 6.61 Å². The Bertz CT molecular complexity index is 244. The molecule has 0 unspecified atom stereocenters. The topological polar surface area (TPSA) is 51.2 Å². The van der Waals surface area contributed by atoms with Gasteiger partial charge in [0, 0.05) is 19.1 Å². The van der Waals surface area contributed by atoms with E-state index < -0.39 is 0 Å². The molecule has 0 atom stereocenters. The Balaban J connectivity index is 2.20. The zero-order chi connectivity index (χ0) is 15.2. The maximum Gasteiger partial charge on any atom is 0.111 e. The standard InChI is InChI=1S/C16H31NO4/c1-2-19-14-15-21-12-9-17(8-11-20-13-10-18)16-6-4-3-5-7-16/h2,16,18H,1,3-15H2. The maximum atomic E-state index is 8.75. The summed E-state index contributed by atoms with van der Waals surface area (Å²) in [5.41, 5.74) is 0. The molecule has 0 aromatic rings. The molecule has 0 aromatic carbocycles. The highest BCUT2D eigenvalue weighted by Crippen LogP contribution is 2.22. The van der Waals surface area contributed by atoms with Crippen molar-refractivity contribution in [1.29, 1.82) is 0 Å². The van der Waals surface area contributed by atoms with Crippen LogP contribution in [0, 0.1) is 0 Å². The normalized spacial score (nSPS) is 16.3. The van der Waals surface area contributed by atoms with Crippen LogP contribution < -0.4 is 0 Å². The van der Waals surface area contributed by atoms with Gasteiger partial charge in [-0.2, -0.15) is 0 Å². The van der Waals surface area contributed by atoms with Gasteiger partial charge in [0.1, 0.15) is 6.61 Å². The van der Waals surface area contributed by atoms with Crippen molar-refractivity contribution in [3.63, 3.8) is 0 Å². The van der Waals surface area contributed by atoms with Crippen molar-refractivity contribution in [2.45, 2.75) is 38.1 Å². The zero-order valence-corrected chi connectivity index (χ0v) is 13.2. The van der Waals surface area contributed by atoms with Gasteiger partial charge in [-0.15, -0.1) is 0 Å². The van der Waals surface area contributed by atoms with Gasteiger partial charge in [0.15, 0.2) is 0 Å². The van der Waals surface area contributed by atoms with E-state index in [0.717, 1.165) is 19.7 Å². The highest BCUT2D eigenvalue weighted by molar-refractivity contribution is 4.75. The molecular weight excluding hydrogens is 270 g/mol. The van der Waals surface area contributed by atoms with Gasteiger partial charge >= 0.3 is 0 Å². The predicted molar refractivity (Wildman–Crippen MR) is 83.3 cm³/mol. The van der Waals surface area contributed by atoms with Crippen LogP contribution in [0.4, 0.5) is 0 Å². The van der Waals surface area contributed by atoms with E-state index in [4.69, 9.17) is 19.3 Å². The fraction of sp³-hybridized carbons (Fsp3) is 0.875. The Morgan fingerprint density at radius 2 is 1.62 bits per heavy atom. The van der Waals surface area contributed by atoms with Crippen LogP contribution in [0.25, 0.3) is 0 Å². The second kappa shape index (κ2) is 13.1. The quantitative estimate of drug-likeness (QED) is 0.415. The van der Waals surface area contributed by atoms with Crippen molar-refractivity contribution >= 4 is 0 Å². The summed E-state index contributed by atoms with van der Waals surface area (Å²) >= 11 is 0. The summed E-state index contributed by atoms with van der Waals surface area (Å²) in [5, 5.41) is 8.75. The average molecular weight is 301 g/mol. The number of aliphatic hydroxyl groups is 1. The molecule has 0 bridgehead atoms. The molecule has 0 aromatic heterocycles. The third kappa shape index (κ3) is 9.09. The van der Waals surface area contributed by atoms with Gasteiger partial charge in [-0.05, 0) is 12.8 Å². The highest BCUT2D eigenvalue weighted by Gasteiger charge is 2.20. The molecule has 1 N–H and O–H groups in total. The van der Waals surface area contributed by atoms with E-state index in [1.807, 2.05) is 0 Å². The van der Waals surface area contributed by atoms with Crippen LogP contribution in [0.2, 0.25) is 0 Å². The fourth-order valence-corrected chi connectivity index (χ4v) is 2.75. The van der Waals surface area contributed by atoms with Gasteiger partial charge in [0.25, 0.3) is 0 Å². The molecule has 5 heteroatoms. The number of ether oxygens (including phenoxy) is 3. The molecule has 0 aliphatic heterocycles. The molecule has 1 aliphatic carbocycles. The number of hydrogen-bond acceptors (Lipinski definition) is 5. The van der Waals surface area contributed by atoms with Crippen molar-refractivity contribution in [3.05, 3.63) is 12.8 Å². The molecule has 124 valence electrons. The van der Waals surface area contributed by atoms with Gasteiger partial charge in [0.2, 0.25) is 0 Å². The van der Waals surface area contributed by atoms with Gasteiger partial charge in [-0.3, -0.25) is 4.90 Å². The van der Waals surface area contributed by atoms with Crippen LogP contribution in [-0.2, 0) is 14.2 Å². The van der Waals surface area contributed by atoms with Crippen molar-refractivity contribution in [1.82, 2.24) is 4.90 Å². The first-order chi connectivity index (χ1) is 10.4. The lowest BCUT2D eigenvalue weighted by molar-refractivity contribution is 0.0296. The highest BCUT2D eigenvalue weighted by atomic mass is 16.5. The summed E-state index contributed by atoms with van der Waals surface area (Å²) in [5.74, 6) is 0. The maximum absolute atomic E-state index is 8.75. The van der Waals surface area contributed by atoms with Crippen molar-refractivity contribution < 1.29 is 19.3 Å². The van der Waals surface area contributed by atoms with Gasteiger partial charge in [-0.1, -0.05) is 25.8 Å². The SMILES string of the molecule is C=COCCOCCN(CCOCCO)C1CCCCC1. The Labute approximate surface area is 128 Å². The average Bonchev–Trinajstić information content (AvgIpc) is 2.53. The van der Waals surface area contributed by atoms with Crippen molar-refractivity contribution in [3.8, 4) is 0 Å². The molecular formula is C16H31NO4. The first kappa shape index (κ1) is 18.4. The Morgan fingerprint density at radius 1 is 0.952 bits per heavy atom. The Kier molecular flexibility index (Phi) is 11.5. The van der Waals surface area contributed by atoms with Crippen LogP contribution >= 0.6 is 0 Å². The van der Waals surface area contributed by atoms with Crippen molar-refractivity contribution in [2.75, 3.05) is 52.7 Å². The number of hydrogen-bond donors (Lipinski definition) is 1. The van der Waals surface area contributed by atoms with Crippen LogP contribution in [0.5, 0.6) is 0 Å². The van der Waals surface area contributed by atoms with E-state index >= 15 is 0 Å². The molecule has 1 aliphatic rings. The lowest BCUT2D eigenvalue weighted by Gasteiger charge is -2.34. The van der Waals surface area contributed by atoms with Crippen LogP contribution in [0.3, 0.4) is 0 Å². The number of nitrogens with zero attached hydrogens (tertiary/aromatic N) is 1. The van der Waals surface area contributed by atoms with E-state index in [9.17, 15) is 0 Å². The summed E-state index contributed by atoms with van der Waals surface area (Å²) < 4.78 is 16.0. The van der Waals surface area contributed by atoms with E-state index in [0.29, 0.717) is 32.5 Å². The van der Waals surface area contributed by atoms with Gasteiger partial charge in [-0.25, -0.2) is 0 Å². The van der Waals surface area contributed by atoms with Gasteiger partial charge in [0.05, 0.1) is 39.3 Å². The van der Waals surface area contributed by atoms with E-state index in [1.165, 1.54) is 38.4 Å². The van der Waals surface area contributed by atoms with Crippen molar-refractivity contribution in [2.24, 2.45) is 0 Å². The van der Waals surface area contributed by atoms with Crippen LogP contribution in [0.1, 0.15) is 32.1 Å². The summed E-state index contributed by atoms with van der Waals surface area (Å²) in [6, 6.07) is 0.657. The van der Waals surface area contributed by atoms with Crippen LogP contribution in [-0.4, -0.2) is 68.8 Å². The molecule has 1 fully saturated rings. The minimum atomic E-state index is 0.0931. The zero-order valence-electron chi connectivity index (χ0n) is 13.2. The summed E-state index contributed by atoms with van der Waals surface area (Å²) in [6.07, 6.45) is 8.01. The van der Waals surface area contributed by atoms with E-state index in [1.54, 1.807) is 0 Å². The monoisotopic (exact) mass is 301 g/mol. The number of aliphatic hydroxyl groups excluding tert-OH is 1. The first-order valence-electron chi connectivity index (χ1n) is 8.11. The molecule has 0 radical (unpaired) electrons. The van der Waals surface area contributed by atoms with E-state index in [2.05, 4.69) is 11.5 Å². The molecule has 0 heterocycles. The molecule has 0 amide bonds. The molecule has 0 saturated heterocycles. The second-order valence-corrected chi connectivity index (χ2v) is 5.31. The summed E-state index contributed by atoms with van der Waals surface area (Å²) in [6.45, 7) is 8.42.